The second kappa shape index (κ2) is 4.86. The van der Waals surface area contributed by atoms with Crippen LogP contribution in [0.25, 0.3) is 11.2 Å². The van der Waals surface area contributed by atoms with Crippen molar-refractivity contribution in [1.82, 2.24) is 14.5 Å². The van der Waals surface area contributed by atoms with E-state index in [1.165, 1.54) is 0 Å². The van der Waals surface area contributed by atoms with Gasteiger partial charge in [0.2, 0.25) is 0 Å². The number of pyridine rings is 1. The van der Waals surface area contributed by atoms with E-state index in [0.717, 1.165) is 48.6 Å². The molecule has 4 nitrogen and oxygen atoms in total. The number of aryl methyl sites for hydroxylation is 1. The molecular weight excluding hydrogens is 250 g/mol. The number of halogens is 1. The Morgan fingerprint density at radius 1 is 1.56 bits per heavy atom. The fraction of sp³-hybridized carbons (Fsp3) is 0.538. The molecule has 0 N–H and O–H groups in total. The number of aromatic nitrogens is 3. The zero-order valence-electron chi connectivity index (χ0n) is 10.4. The topological polar surface area (TPSA) is 39.9 Å². The van der Waals surface area contributed by atoms with Crippen molar-refractivity contribution in [3.05, 3.63) is 23.7 Å². The standard InChI is InChI=1S/C13H16ClN3O/c1-9-5-11-13(15-7-9)17(12(6-14)16-11)10-3-2-4-18-8-10/h5,7,10H,2-4,6,8H2,1H3. The summed E-state index contributed by atoms with van der Waals surface area (Å²) in [6.45, 7) is 3.60. The summed E-state index contributed by atoms with van der Waals surface area (Å²) in [5.41, 5.74) is 2.97. The molecule has 96 valence electrons. The maximum atomic E-state index is 6.01. The maximum absolute atomic E-state index is 6.01. The third-order valence-corrected chi connectivity index (χ3v) is 3.60. The van der Waals surface area contributed by atoms with Crippen LogP contribution in [0.2, 0.25) is 0 Å². The molecule has 1 fully saturated rings. The van der Waals surface area contributed by atoms with Crippen LogP contribution in [-0.4, -0.2) is 27.7 Å². The van der Waals surface area contributed by atoms with Crippen LogP contribution in [0.5, 0.6) is 0 Å². The van der Waals surface area contributed by atoms with E-state index in [1.54, 1.807) is 0 Å². The van der Waals surface area contributed by atoms with Crippen LogP contribution in [0.1, 0.15) is 30.3 Å². The third-order valence-electron chi connectivity index (χ3n) is 3.36. The molecule has 0 aliphatic carbocycles. The smallest absolute Gasteiger partial charge is 0.160 e. The Labute approximate surface area is 111 Å². The van der Waals surface area contributed by atoms with Crippen LogP contribution in [0.15, 0.2) is 12.3 Å². The SMILES string of the molecule is Cc1cnc2c(c1)nc(CCl)n2C1CCCOC1. The Hall–Kier alpha value is -1.13. The zero-order chi connectivity index (χ0) is 12.5. The number of imidazole rings is 1. The van der Waals surface area contributed by atoms with Gasteiger partial charge in [0.05, 0.1) is 18.5 Å². The van der Waals surface area contributed by atoms with Gasteiger partial charge >= 0.3 is 0 Å². The van der Waals surface area contributed by atoms with Gasteiger partial charge in [-0.15, -0.1) is 11.6 Å². The molecule has 1 saturated heterocycles. The minimum Gasteiger partial charge on any atom is -0.379 e. The first-order valence-corrected chi connectivity index (χ1v) is 6.80. The fourth-order valence-corrected chi connectivity index (χ4v) is 2.72. The summed E-state index contributed by atoms with van der Waals surface area (Å²) in [6, 6.07) is 2.37. The van der Waals surface area contributed by atoms with Crippen LogP contribution in [0, 0.1) is 6.92 Å². The van der Waals surface area contributed by atoms with Crippen molar-refractivity contribution in [2.45, 2.75) is 31.7 Å². The molecule has 0 bridgehead atoms. The van der Waals surface area contributed by atoms with E-state index in [1.807, 2.05) is 13.1 Å². The van der Waals surface area contributed by atoms with E-state index in [0.29, 0.717) is 11.9 Å². The van der Waals surface area contributed by atoms with E-state index >= 15 is 0 Å². The highest BCUT2D eigenvalue weighted by atomic mass is 35.5. The molecule has 1 atom stereocenters. The highest BCUT2D eigenvalue weighted by Crippen LogP contribution is 2.26. The quantitative estimate of drug-likeness (QED) is 0.784. The Morgan fingerprint density at radius 3 is 3.17 bits per heavy atom. The number of alkyl halides is 1. The number of ether oxygens (including phenoxy) is 1. The first-order chi connectivity index (χ1) is 8.79. The van der Waals surface area contributed by atoms with E-state index < -0.39 is 0 Å². The molecule has 2 aromatic heterocycles. The Morgan fingerprint density at radius 2 is 2.44 bits per heavy atom. The van der Waals surface area contributed by atoms with E-state index in [4.69, 9.17) is 16.3 Å². The largest absolute Gasteiger partial charge is 0.379 e. The summed E-state index contributed by atoms with van der Waals surface area (Å²) in [5.74, 6) is 1.30. The lowest BCUT2D eigenvalue weighted by Gasteiger charge is -2.24. The first-order valence-electron chi connectivity index (χ1n) is 6.27. The Balaban J connectivity index is 2.12. The molecule has 0 amide bonds. The minimum absolute atomic E-state index is 0.313. The number of hydrogen-bond donors (Lipinski definition) is 0. The lowest BCUT2D eigenvalue weighted by atomic mass is 10.1. The second-order valence-corrected chi connectivity index (χ2v) is 5.03. The average molecular weight is 266 g/mol. The Bertz CT molecular complexity index is 561. The van der Waals surface area contributed by atoms with E-state index in [-0.39, 0.29) is 0 Å². The van der Waals surface area contributed by atoms with Crippen molar-refractivity contribution >= 4 is 22.8 Å². The highest BCUT2D eigenvalue weighted by Gasteiger charge is 2.22. The molecule has 5 heteroatoms. The molecule has 3 rings (SSSR count). The molecule has 0 spiro atoms. The van der Waals surface area contributed by atoms with Gasteiger partial charge in [-0.1, -0.05) is 0 Å². The van der Waals surface area contributed by atoms with Crippen LogP contribution >= 0.6 is 11.6 Å². The van der Waals surface area contributed by atoms with E-state index in [2.05, 4.69) is 20.6 Å². The summed E-state index contributed by atoms with van der Waals surface area (Å²) in [6.07, 6.45) is 4.06. The highest BCUT2D eigenvalue weighted by molar-refractivity contribution is 6.16. The summed E-state index contributed by atoms with van der Waals surface area (Å²) in [7, 11) is 0. The molecule has 0 radical (unpaired) electrons. The minimum atomic E-state index is 0.313. The van der Waals surface area contributed by atoms with Gasteiger partial charge in [-0.3, -0.25) is 0 Å². The number of nitrogens with zero attached hydrogens (tertiary/aromatic N) is 3. The number of fused-ring (bicyclic) bond motifs is 1. The van der Waals surface area contributed by atoms with Crippen molar-refractivity contribution in [3.8, 4) is 0 Å². The van der Waals surface area contributed by atoms with Crippen LogP contribution in [0.4, 0.5) is 0 Å². The van der Waals surface area contributed by atoms with Crippen molar-refractivity contribution in [1.29, 1.82) is 0 Å². The molecular formula is C13H16ClN3O. The summed E-state index contributed by atoms with van der Waals surface area (Å²) in [4.78, 5) is 9.09. The molecule has 18 heavy (non-hydrogen) atoms. The van der Waals surface area contributed by atoms with Gasteiger partial charge in [0.25, 0.3) is 0 Å². The predicted molar refractivity (Wildman–Crippen MR) is 70.9 cm³/mol. The van der Waals surface area contributed by atoms with Gasteiger partial charge in [-0.2, -0.15) is 0 Å². The normalized spacial score (nSPS) is 20.4. The van der Waals surface area contributed by atoms with Gasteiger partial charge < -0.3 is 9.30 Å². The molecule has 1 unspecified atom stereocenters. The van der Waals surface area contributed by atoms with Gasteiger partial charge in [-0.05, 0) is 31.4 Å². The predicted octanol–water partition coefficient (Wildman–Crippen LogP) is 2.83. The lowest BCUT2D eigenvalue weighted by molar-refractivity contribution is 0.0595. The van der Waals surface area contributed by atoms with E-state index in [9.17, 15) is 0 Å². The third kappa shape index (κ3) is 1.99. The van der Waals surface area contributed by atoms with Gasteiger partial charge in [0.1, 0.15) is 11.3 Å². The van der Waals surface area contributed by atoms with Crippen LogP contribution < -0.4 is 0 Å². The lowest BCUT2D eigenvalue weighted by Crippen LogP contribution is -2.22. The summed E-state index contributed by atoms with van der Waals surface area (Å²) < 4.78 is 7.71. The molecule has 3 heterocycles. The maximum Gasteiger partial charge on any atom is 0.160 e. The Kier molecular flexibility index (Phi) is 3.22. The average Bonchev–Trinajstić information content (AvgIpc) is 2.77. The van der Waals surface area contributed by atoms with Crippen molar-refractivity contribution in [3.63, 3.8) is 0 Å². The number of rotatable bonds is 2. The van der Waals surface area contributed by atoms with Crippen LogP contribution in [0.3, 0.4) is 0 Å². The first kappa shape index (κ1) is 11.9. The van der Waals surface area contributed by atoms with Gasteiger partial charge in [-0.25, -0.2) is 9.97 Å². The molecule has 1 aliphatic heterocycles. The van der Waals surface area contributed by atoms with Gasteiger partial charge in [0.15, 0.2) is 5.65 Å². The van der Waals surface area contributed by atoms with Crippen molar-refractivity contribution in [2.75, 3.05) is 13.2 Å². The molecule has 0 aromatic carbocycles. The van der Waals surface area contributed by atoms with Crippen molar-refractivity contribution < 1.29 is 4.74 Å². The second-order valence-electron chi connectivity index (χ2n) is 4.76. The summed E-state index contributed by atoms with van der Waals surface area (Å²) in [5, 5.41) is 0. The molecule has 0 saturated carbocycles. The fourth-order valence-electron chi connectivity index (χ4n) is 2.53. The molecule has 1 aliphatic rings. The van der Waals surface area contributed by atoms with Crippen LogP contribution in [-0.2, 0) is 10.6 Å². The summed E-state index contributed by atoms with van der Waals surface area (Å²) >= 11 is 6.01. The van der Waals surface area contributed by atoms with Gasteiger partial charge in [0, 0.05) is 12.8 Å². The molecule has 2 aromatic rings. The number of hydrogen-bond acceptors (Lipinski definition) is 3. The monoisotopic (exact) mass is 265 g/mol. The van der Waals surface area contributed by atoms with Crippen molar-refractivity contribution in [2.24, 2.45) is 0 Å². The zero-order valence-corrected chi connectivity index (χ0v) is 11.2.